The maximum Gasteiger partial charge on any atom is 0.245 e. The van der Waals surface area contributed by atoms with E-state index in [4.69, 9.17) is 5.73 Å². The molecule has 0 aromatic rings. The van der Waals surface area contributed by atoms with E-state index < -0.39 is 5.54 Å². The van der Waals surface area contributed by atoms with Crippen LogP contribution < -0.4 is 16.4 Å². The van der Waals surface area contributed by atoms with Crippen molar-refractivity contribution in [3.8, 4) is 0 Å². The summed E-state index contributed by atoms with van der Waals surface area (Å²) in [5.41, 5.74) is 5.32. The molecule has 0 bridgehead atoms. The highest BCUT2D eigenvalue weighted by atomic mass is 16.2. The van der Waals surface area contributed by atoms with E-state index in [9.17, 15) is 9.59 Å². The Kier molecular flexibility index (Phi) is 6.88. The highest BCUT2D eigenvalue weighted by Gasteiger charge is 2.42. The molecule has 2 aliphatic rings. The van der Waals surface area contributed by atoms with Crippen LogP contribution in [0.1, 0.15) is 77.6 Å². The van der Waals surface area contributed by atoms with Crippen molar-refractivity contribution < 1.29 is 9.59 Å². The van der Waals surface area contributed by atoms with Crippen LogP contribution in [0.4, 0.5) is 0 Å². The highest BCUT2D eigenvalue weighted by molar-refractivity contribution is 5.92. The predicted octanol–water partition coefficient (Wildman–Crippen LogP) is 2.24. The van der Waals surface area contributed by atoms with Gasteiger partial charge in [-0.25, -0.2) is 0 Å². The van der Waals surface area contributed by atoms with Crippen molar-refractivity contribution in [3.63, 3.8) is 0 Å². The van der Waals surface area contributed by atoms with Crippen LogP contribution in [0.5, 0.6) is 0 Å². The van der Waals surface area contributed by atoms with E-state index in [1.54, 1.807) is 0 Å². The third-order valence-electron chi connectivity index (χ3n) is 5.41. The fourth-order valence-electron chi connectivity index (χ4n) is 3.92. The van der Waals surface area contributed by atoms with Gasteiger partial charge in [-0.2, -0.15) is 0 Å². The average Bonchev–Trinajstić information content (AvgIpc) is 2.55. The molecule has 23 heavy (non-hydrogen) atoms. The number of nitrogens with two attached hydrogens (primary N) is 1. The summed E-state index contributed by atoms with van der Waals surface area (Å²) in [5.74, 6) is 0.0211. The number of carbonyl (C=O) groups excluding carboxylic acids is 2. The normalized spacial score (nSPS) is 27.2. The van der Waals surface area contributed by atoms with E-state index in [2.05, 4.69) is 17.6 Å². The highest BCUT2D eigenvalue weighted by Crippen LogP contribution is 2.30. The van der Waals surface area contributed by atoms with Crippen molar-refractivity contribution in [3.05, 3.63) is 0 Å². The van der Waals surface area contributed by atoms with Crippen LogP contribution in [0.3, 0.4) is 0 Å². The Balaban J connectivity index is 1.99. The molecule has 0 aromatic carbocycles. The molecule has 4 N–H and O–H groups in total. The van der Waals surface area contributed by atoms with E-state index in [1.165, 1.54) is 0 Å². The van der Waals surface area contributed by atoms with Crippen LogP contribution in [0, 0.1) is 5.92 Å². The summed E-state index contributed by atoms with van der Waals surface area (Å²) >= 11 is 0. The van der Waals surface area contributed by atoms with Crippen LogP contribution in [0.2, 0.25) is 0 Å². The van der Waals surface area contributed by atoms with Gasteiger partial charge in [-0.3, -0.25) is 9.59 Å². The molecule has 5 nitrogen and oxygen atoms in total. The molecule has 0 saturated heterocycles. The Hall–Kier alpha value is -1.10. The molecule has 0 radical (unpaired) electrons. The van der Waals surface area contributed by atoms with Crippen LogP contribution in [0.25, 0.3) is 0 Å². The van der Waals surface area contributed by atoms with Gasteiger partial charge in [-0.15, -0.1) is 0 Å². The number of hydrogen-bond acceptors (Lipinski definition) is 3. The first-order valence-electron chi connectivity index (χ1n) is 9.43. The number of amides is 2. The number of rotatable bonds is 6. The lowest BCUT2D eigenvalue weighted by Crippen LogP contribution is -2.61. The number of hydrogen-bond donors (Lipinski definition) is 3. The lowest BCUT2D eigenvalue weighted by atomic mass is 9.79. The largest absolute Gasteiger partial charge is 0.354 e. The van der Waals surface area contributed by atoms with Crippen LogP contribution in [0.15, 0.2) is 0 Å². The quantitative estimate of drug-likeness (QED) is 0.655. The van der Waals surface area contributed by atoms with Gasteiger partial charge in [0.05, 0.1) is 0 Å². The first-order chi connectivity index (χ1) is 11.1. The van der Waals surface area contributed by atoms with Gasteiger partial charge >= 0.3 is 0 Å². The maximum atomic E-state index is 12.7. The molecule has 2 atom stereocenters. The fourth-order valence-corrected chi connectivity index (χ4v) is 3.92. The monoisotopic (exact) mass is 323 g/mol. The minimum absolute atomic E-state index is 0.0131. The maximum absolute atomic E-state index is 12.7. The second kappa shape index (κ2) is 8.67. The second-order valence-corrected chi connectivity index (χ2v) is 7.37. The zero-order valence-electron chi connectivity index (χ0n) is 14.5. The molecule has 2 unspecified atom stereocenters. The van der Waals surface area contributed by atoms with Crippen molar-refractivity contribution >= 4 is 11.8 Å². The molecule has 0 spiro atoms. The average molecular weight is 323 g/mol. The molecule has 2 amide bonds. The van der Waals surface area contributed by atoms with Crippen LogP contribution >= 0.6 is 0 Å². The molecule has 2 saturated carbocycles. The van der Waals surface area contributed by atoms with E-state index in [1.807, 2.05) is 0 Å². The minimum Gasteiger partial charge on any atom is -0.354 e. The molecule has 0 heterocycles. The smallest absolute Gasteiger partial charge is 0.245 e. The van der Waals surface area contributed by atoms with E-state index >= 15 is 0 Å². The Morgan fingerprint density at radius 3 is 2.52 bits per heavy atom. The lowest BCUT2D eigenvalue weighted by Gasteiger charge is -2.38. The minimum atomic E-state index is -0.690. The van der Waals surface area contributed by atoms with E-state index in [0.717, 1.165) is 70.6 Å². The topological polar surface area (TPSA) is 84.2 Å². The van der Waals surface area contributed by atoms with Gasteiger partial charge in [0.1, 0.15) is 5.54 Å². The number of nitrogens with one attached hydrogen (secondary N) is 2. The van der Waals surface area contributed by atoms with Gasteiger partial charge in [0.25, 0.3) is 0 Å². The SMILES string of the molecule is CCCCNC(=O)C1(NC(=O)C2CCCC(N)C2)CCCCC1. The first kappa shape index (κ1) is 18.2. The Morgan fingerprint density at radius 2 is 1.87 bits per heavy atom. The molecule has 2 fully saturated rings. The Bertz CT molecular complexity index is 405. The standard InChI is InChI=1S/C18H33N3O2/c1-2-3-12-20-17(23)18(10-5-4-6-11-18)21-16(22)14-8-7-9-15(19)13-14/h14-15H,2-13,19H2,1H3,(H,20,23)(H,21,22). The van der Waals surface area contributed by atoms with Gasteiger partial charge in [-0.1, -0.05) is 39.0 Å². The van der Waals surface area contributed by atoms with Gasteiger partial charge in [-0.05, 0) is 38.5 Å². The second-order valence-electron chi connectivity index (χ2n) is 7.37. The zero-order valence-corrected chi connectivity index (χ0v) is 14.5. The van der Waals surface area contributed by atoms with E-state index in [0.29, 0.717) is 6.54 Å². The molecule has 132 valence electrons. The number of unbranched alkanes of at least 4 members (excludes halogenated alkanes) is 1. The lowest BCUT2D eigenvalue weighted by molar-refractivity contribution is -0.137. The van der Waals surface area contributed by atoms with Crippen molar-refractivity contribution in [1.82, 2.24) is 10.6 Å². The van der Waals surface area contributed by atoms with Crippen LogP contribution in [-0.4, -0.2) is 29.9 Å². The summed E-state index contributed by atoms with van der Waals surface area (Å²) in [7, 11) is 0. The molecule has 0 aliphatic heterocycles. The zero-order chi connectivity index (χ0) is 16.7. The molecule has 2 rings (SSSR count). The Morgan fingerprint density at radius 1 is 1.13 bits per heavy atom. The van der Waals surface area contributed by atoms with Gasteiger partial charge < -0.3 is 16.4 Å². The summed E-state index contributed by atoms with van der Waals surface area (Å²) < 4.78 is 0. The third-order valence-corrected chi connectivity index (χ3v) is 5.41. The molecule has 0 aromatic heterocycles. The molecular weight excluding hydrogens is 290 g/mol. The van der Waals surface area contributed by atoms with Gasteiger partial charge in [0, 0.05) is 18.5 Å². The van der Waals surface area contributed by atoms with E-state index in [-0.39, 0.29) is 23.8 Å². The summed E-state index contributed by atoms with van der Waals surface area (Å²) in [5, 5.41) is 6.18. The summed E-state index contributed by atoms with van der Waals surface area (Å²) in [6.07, 6.45) is 10.4. The third kappa shape index (κ3) is 4.93. The molecule has 2 aliphatic carbocycles. The van der Waals surface area contributed by atoms with Crippen LogP contribution in [-0.2, 0) is 9.59 Å². The predicted molar refractivity (Wildman–Crippen MR) is 91.8 cm³/mol. The van der Waals surface area contributed by atoms with Crippen molar-refractivity contribution in [1.29, 1.82) is 0 Å². The van der Waals surface area contributed by atoms with Crippen molar-refractivity contribution in [2.45, 2.75) is 89.1 Å². The summed E-state index contributed by atoms with van der Waals surface area (Å²) in [6, 6.07) is 0.125. The fraction of sp³-hybridized carbons (Fsp3) is 0.889. The van der Waals surface area contributed by atoms with Gasteiger partial charge in [0.2, 0.25) is 11.8 Å². The Labute approximate surface area is 140 Å². The van der Waals surface area contributed by atoms with Crippen molar-refractivity contribution in [2.24, 2.45) is 11.7 Å². The molecular formula is C18H33N3O2. The summed E-state index contributed by atoms with van der Waals surface area (Å²) in [4.78, 5) is 25.4. The van der Waals surface area contributed by atoms with Crippen molar-refractivity contribution in [2.75, 3.05) is 6.54 Å². The summed E-state index contributed by atoms with van der Waals surface area (Å²) in [6.45, 7) is 2.80. The first-order valence-corrected chi connectivity index (χ1v) is 9.43. The van der Waals surface area contributed by atoms with Gasteiger partial charge in [0.15, 0.2) is 0 Å². The molecule has 5 heteroatoms. The number of carbonyl (C=O) groups is 2.